The molecule has 0 fully saturated rings. The molecule has 1 aliphatic heterocycles. The van der Waals surface area contributed by atoms with Gasteiger partial charge >= 0.3 is 0 Å². The Morgan fingerprint density at radius 3 is 2.95 bits per heavy atom. The van der Waals surface area contributed by atoms with Gasteiger partial charge in [-0.15, -0.1) is 0 Å². The third-order valence-corrected chi connectivity index (χ3v) is 3.23. The summed E-state index contributed by atoms with van der Waals surface area (Å²) < 4.78 is 5.55. The topological polar surface area (TPSA) is 58.8 Å². The summed E-state index contributed by atoms with van der Waals surface area (Å²) in [6.07, 6.45) is 3.69. The zero-order chi connectivity index (χ0) is 14.1. The Labute approximate surface area is 117 Å². The van der Waals surface area contributed by atoms with Crippen LogP contribution in [-0.2, 0) is 0 Å². The van der Waals surface area contributed by atoms with Crippen LogP contribution in [0.4, 0.5) is 0 Å². The van der Waals surface area contributed by atoms with Crippen LogP contribution >= 0.6 is 0 Å². The van der Waals surface area contributed by atoms with Gasteiger partial charge in [0.15, 0.2) is 0 Å². The molecular weight excluding hydrogens is 250 g/mol. The number of ether oxygens (including phenoxy) is 1. The predicted molar refractivity (Wildman–Crippen MR) is 76.0 cm³/mol. The quantitative estimate of drug-likeness (QED) is 0.793. The highest BCUT2D eigenvalue weighted by atomic mass is 16.5. The summed E-state index contributed by atoms with van der Waals surface area (Å²) >= 11 is 0. The van der Waals surface area contributed by atoms with Gasteiger partial charge in [0.1, 0.15) is 18.2 Å². The first kappa shape index (κ1) is 12.4. The van der Waals surface area contributed by atoms with E-state index < -0.39 is 0 Å². The summed E-state index contributed by atoms with van der Waals surface area (Å²) in [7, 11) is 0. The maximum absolute atomic E-state index is 8.96. The summed E-state index contributed by atoms with van der Waals surface area (Å²) in [4.78, 5) is 8.68. The monoisotopic (exact) mass is 263 g/mol. The van der Waals surface area contributed by atoms with Gasteiger partial charge in [-0.05, 0) is 43.7 Å². The minimum absolute atomic E-state index is 0.342. The fraction of sp³-hybridized carbons (Fsp3) is 0.188. The van der Waals surface area contributed by atoms with E-state index in [0.29, 0.717) is 12.2 Å². The van der Waals surface area contributed by atoms with E-state index in [4.69, 9.17) is 10.00 Å². The maximum atomic E-state index is 8.96. The lowest BCUT2D eigenvalue weighted by molar-refractivity contribution is 0.352. The molecule has 0 saturated carbocycles. The van der Waals surface area contributed by atoms with Crippen LogP contribution in [0.1, 0.15) is 17.0 Å². The van der Waals surface area contributed by atoms with Crippen LogP contribution in [0, 0.1) is 25.2 Å². The molecule has 3 rings (SSSR count). The number of aromatic nitrogens is 2. The van der Waals surface area contributed by atoms with Gasteiger partial charge in [0.05, 0.1) is 17.3 Å². The SMILES string of the molecule is Cc1ncc(C)c(-c2ccc3c(c2)C=C(C#N)CO3)n1. The number of fused-ring (bicyclic) bond motifs is 1. The molecule has 2 aromatic rings. The summed E-state index contributed by atoms with van der Waals surface area (Å²) in [5.41, 5.74) is 4.49. The average Bonchev–Trinajstić information content (AvgIpc) is 2.48. The number of nitrogens with zero attached hydrogens (tertiary/aromatic N) is 3. The lowest BCUT2D eigenvalue weighted by Gasteiger charge is -2.15. The van der Waals surface area contributed by atoms with Crippen molar-refractivity contribution in [3.8, 4) is 23.1 Å². The lowest BCUT2D eigenvalue weighted by Crippen LogP contribution is -2.06. The number of rotatable bonds is 1. The van der Waals surface area contributed by atoms with Crippen LogP contribution in [0.5, 0.6) is 5.75 Å². The van der Waals surface area contributed by atoms with Crippen LogP contribution in [-0.4, -0.2) is 16.6 Å². The average molecular weight is 263 g/mol. The second-order valence-electron chi connectivity index (χ2n) is 4.77. The first-order valence-electron chi connectivity index (χ1n) is 6.35. The summed E-state index contributed by atoms with van der Waals surface area (Å²) in [6, 6.07) is 8.04. The molecule has 98 valence electrons. The molecule has 0 amide bonds. The van der Waals surface area contributed by atoms with Crippen molar-refractivity contribution in [2.45, 2.75) is 13.8 Å². The molecule has 0 radical (unpaired) electrons. The van der Waals surface area contributed by atoms with E-state index in [2.05, 4.69) is 16.0 Å². The van der Waals surface area contributed by atoms with Gasteiger partial charge in [-0.25, -0.2) is 9.97 Å². The number of hydrogen-bond acceptors (Lipinski definition) is 4. The highest BCUT2D eigenvalue weighted by Gasteiger charge is 2.13. The van der Waals surface area contributed by atoms with Gasteiger partial charge in [-0.3, -0.25) is 0 Å². The smallest absolute Gasteiger partial charge is 0.127 e. The molecule has 1 aromatic heterocycles. The second kappa shape index (κ2) is 4.78. The van der Waals surface area contributed by atoms with E-state index in [1.165, 1.54) is 0 Å². The van der Waals surface area contributed by atoms with Gasteiger partial charge in [-0.2, -0.15) is 5.26 Å². The van der Waals surface area contributed by atoms with E-state index >= 15 is 0 Å². The summed E-state index contributed by atoms with van der Waals surface area (Å²) in [5, 5.41) is 8.96. The van der Waals surface area contributed by atoms with Crippen molar-refractivity contribution in [1.82, 2.24) is 9.97 Å². The minimum atomic E-state index is 0.342. The first-order chi connectivity index (χ1) is 9.67. The molecule has 0 bridgehead atoms. The zero-order valence-corrected chi connectivity index (χ0v) is 11.3. The van der Waals surface area contributed by atoms with Crippen molar-refractivity contribution in [3.05, 3.63) is 46.9 Å². The third kappa shape index (κ3) is 2.14. The lowest BCUT2D eigenvalue weighted by atomic mass is 10.0. The Bertz CT molecular complexity index is 757. The van der Waals surface area contributed by atoms with E-state index in [9.17, 15) is 0 Å². The fourth-order valence-electron chi connectivity index (χ4n) is 2.21. The summed E-state index contributed by atoms with van der Waals surface area (Å²) in [5.74, 6) is 1.55. The largest absolute Gasteiger partial charge is 0.488 e. The van der Waals surface area contributed by atoms with E-state index in [1.54, 1.807) is 0 Å². The fourth-order valence-corrected chi connectivity index (χ4v) is 2.21. The maximum Gasteiger partial charge on any atom is 0.127 e. The molecule has 4 nitrogen and oxygen atoms in total. The Morgan fingerprint density at radius 2 is 2.15 bits per heavy atom. The molecule has 0 atom stereocenters. The van der Waals surface area contributed by atoms with Gasteiger partial charge in [0.25, 0.3) is 0 Å². The Morgan fingerprint density at radius 1 is 1.30 bits per heavy atom. The molecule has 0 spiro atoms. The van der Waals surface area contributed by atoms with E-state index in [1.807, 2.05) is 44.3 Å². The van der Waals surface area contributed by atoms with Gasteiger partial charge < -0.3 is 4.74 Å². The van der Waals surface area contributed by atoms with Crippen LogP contribution in [0.25, 0.3) is 17.3 Å². The van der Waals surface area contributed by atoms with E-state index in [0.717, 1.165) is 34.0 Å². The predicted octanol–water partition coefficient (Wildman–Crippen LogP) is 3.06. The molecule has 0 N–H and O–H groups in total. The number of aryl methyl sites for hydroxylation is 2. The van der Waals surface area contributed by atoms with Crippen LogP contribution in [0.2, 0.25) is 0 Å². The molecule has 2 heterocycles. The van der Waals surface area contributed by atoms with E-state index in [-0.39, 0.29) is 0 Å². The highest BCUT2D eigenvalue weighted by molar-refractivity contribution is 5.72. The Hall–Kier alpha value is -2.67. The first-order valence-corrected chi connectivity index (χ1v) is 6.35. The molecule has 20 heavy (non-hydrogen) atoms. The van der Waals surface area contributed by atoms with Crippen LogP contribution in [0.3, 0.4) is 0 Å². The number of benzene rings is 1. The normalized spacial score (nSPS) is 12.9. The van der Waals surface area contributed by atoms with Crippen LogP contribution in [0.15, 0.2) is 30.0 Å². The van der Waals surface area contributed by atoms with Crippen molar-refractivity contribution >= 4 is 6.08 Å². The number of hydrogen-bond donors (Lipinski definition) is 0. The molecule has 4 heteroatoms. The zero-order valence-electron chi connectivity index (χ0n) is 11.3. The van der Waals surface area contributed by atoms with Crippen LogP contribution < -0.4 is 4.74 Å². The molecule has 1 aliphatic rings. The number of nitriles is 1. The van der Waals surface area contributed by atoms with Gasteiger partial charge in [0, 0.05) is 17.3 Å². The Balaban J connectivity index is 2.12. The highest BCUT2D eigenvalue weighted by Crippen LogP contribution is 2.31. The van der Waals surface area contributed by atoms with Crippen molar-refractivity contribution in [2.75, 3.05) is 6.61 Å². The van der Waals surface area contributed by atoms with Crippen molar-refractivity contribution in [3.63, 3.8) is 0 Å². The second-order valence-corrected chi connectivity index (χ2v) is 4.77. The molecule has 0 unspecified atom stereocenters. The van der Waals surface area contributed by atoms with Crippen molar-refractivity contribution in [2.24, 2.45) is 0 Å². The van der Waals surface area contributed by atoms with Gasteiger partial charge in [0.2, 0.25) is 0 Å². The third-order valence-electron chi connectivity index (χ3n) is 3.23. The Kier molecular flexibility index (Phi) is 2.96. The molecule has 0 aliphatic carbocycles. The molecule has 0 saturated heterocycles. The standard InChI is InChI=1S/C16H13N3O/c1-10-8-18-11(2)19-16(10)13-3-4-15-14(6-13)5-12(7-17)9-20-15/h3-6,8H,9H2,1-2H3. The van der Waals surface area contributed by atoms with Crippen molar-refractivity contribution < 1.29 is 4.74 Å². The van der Waals surface area contributed by atoms with Gasteiger partial charge in [-0.1, -0.05) is 0 Å². The molecular formula is C16H13N3O. The summed E-state index contributed by atoms with van der Waals surface area (Å²) in [6.45, 7) is 4.20. The van der Waals surface area contributed by atoms with Crippen molar-refractivity contribution in [1.29, 1.82) is 5.26 Å². The minimum Gasteiger partial charge on any atom is -0.488 e. The molecule has 1 aromatic carbocycles.